The van der Waals surface area contributed by atoms with Crippen molar-refractivity contribution in [3.05, 3.63) is 52.1 Å². The number of halogens is 2. The number of pyridine rings is 1. The summed E-state index contributed by atoms with van der Waals surface area (Å²) < 4.78 is 4.79. The molecule has 1 heterocycles. The number of ether oxygens (including phenoxy) is 1. The van der Waals surface area contributed by atoms with Gasteiger partial charge in [-0.3, -0.25) is 9.59 Å². The number of para-hydroxylation sites is 1. The lowest BCUT2D eigenvalue weighted by Crippen LogP contribution is -2.13. The summed E-state index contributed by atoms with van der Waals surface area (Å²) in [6.07, 6.45) is -0.367. The molecule has 0 aliphatic carbocycles. The van der Waals surface area contributed by atoms with E-state index in [4.69, 9.17) is 27.9 Å². The molecule has 0 atom stereocenters. The number of carbonyl (C=O) groups is 2. The summed E-state index contributed by atoms with van der Waals surface area (Å²) in [4.78, 5) is 27.9. The SMILES string of the molecule is CCOC(=O)CC(=O)c1ccc(Cl)nc1Nc1ccccc1Cl. The minimum Gasteiger partial charge on any atom is -0.466 e. The summed E-state index contributed by atoms with van der Waals surface area (Å²) in [6.45, 7) is 1.90. The highest BCUT2D eigenvalue weighted by Crippen LogP contribution is 2.27. The zero-order valence-electron chi connectivity index (χ0n) is 12.3. The van der Waals surface area contributed by atoms with Gasteiger partial charge >= 0.3 is 5.97 Å². The Kier molecular flexibility index (Phi) is 5.96. The van der Waals surface area contributed by atoms with Crippen LogP contribution in [0.25, 0.3) is 0 Å². The van der Waals surface area contributed by atoms with Gasteiger partial charge < -0.3 is 10.1 Å². The molecule has 120 valence electrons. The van der Waals surface area contributed by atoms with Crippen molar-refractivity contribution in [2.75, 3.05) is 11.9 Å². The summed E-state index contributed by atoms with van der Waals surface area (Å²) in [5, 5.41) is 3.65. The van der Waals surface area contributed by atoms with Gasteiger partial charge in [0, 0.05) is 0 Å². The van der Waals surface area contributed by atoms with Gasteiger partial charge in [0.05, 0.1) is 22.9 Å². The van der Waals surface area contributed by atoms with Crippen molar-refractivity contribution in [1.29, 1.82) is 0 Å². The van der Waals surface area contributed by atoms with Gasteiger partial charge in [0.1, 0.15) is 17.4 Å². The molecule has 2 rings (SSSR count). The van der Waals surface area contributed by atoms with Crippen LogP contribution in [-0.4, -0.2) is 23.3 Å². The number of rotatable bonds is 6. The number of nitrogens with zero attached hydrogens (tertiary/aromatic N) is 1. The van der Waals surface area contributed by atoms with Crippen molar-refractivity contribution >= 4 is 46.5 Å². The van der Waals surface area contributed by atoms with Crippen molar-refractivity contribution in [3.8, 4) is 0 Å². The fourth-order valence-corrected chi connectivity index (χ4v) is 2.21. The average Bonchev–Trinajstić information content (AvgIpc) is 2.50. The van der Waals surface area contributed by atoms with Crippen molar-refractivity contribution in [2.45, 2.75) is 13.3 Å². The first-order chi connectivity index (χ1) is 11.0. The molecular weight excluding hydrogens is 339 g/mol. The van der Waals surface area contributed by atoms with Crippen LogP contribution in [0, 0.1) is 0 Å². The standard InChI is InChI=1S/C16H14Cl2N2O3/c1-2-23-15(22)9-13(21)10-7-8-14(18)20-16(10)19-12-6-4-3-5-11(12)17/h3-8H,2,9H2,1H3,(H,19,20). The summed E-state index contributed by atoms with van der Waals surface area (Å²) >= 11 is 12.0. The van der Waals surface area contributed by atoms with E-state index in [-0.39, 0.29) is 29.6 Å². The maximum absolute atomic E-state index is 12.3. The predicted octanol–water partition coefficient (Wildman–Crippen LogP) is 4.27. The Balaban J connectivity index is 2.29. The Morgan fingerprint density at radius 3 is 2.61 bits per heavy atom. The fourth-order valence-electron chi connectivity index (χ4n) is 1.88. The van der Waals surface area contributed by atoms with E-state index in [2.05, 4.69) is 10.3 Å². The number of anilines is 2. The van der Waals surface area contributed by atoms with E-state index in [9.17, 15) is 9.59 Å². The van der Waals surface area contributed by atoms with Crippen LogP contribution in [0.5, 0.6) is 0 Å². The summed E-state index contributed by atoms with van der Waals surface area (Å²) in [5.74, 6) is -0.766. The van der Waals surface area contributed by atoms with E-state index in [0.717, 1.165) is 0 Å². The Hall–Kier alpha value is -2.11. The number of aromatic nitrogens is 1. The summed E-state index contributed by atoms with van der Waals surface area (Å²) in [6, 6.07) is 10.0. The number of hydrogen-bond donors (Lipinski definition) is 1. The van der Waals surface area contributed by atoms with E-state index in [1.807, 2.05) is 0 Å². The van der Waals surface area contributed by atoms with E-state index >= 15 is 0 Å². The van der Waals surface area contributed by atoms with E-state index in [0.29, 0.717) is 10.7 Å². The first kappa shape index (κ1) is 17.2. The van der Waals surface area contributed by atoms with Gasteiger partial charge in [-0.1, -0.05) is 35.3 Å². The van der Waals surface area contributed by atoms with Crippen LogP contribution in [-0.2, 0) is 9.53 Å². The quantitative estimate of drug-likeness (QED) is 0.364. The zero-order chi connectivity index (χ0) is 16.8. The molecule has 1 N–H and O–H groups in total. The zero-order valence-corrected chi connectivity index (χ0v) is 13.8. The van der Waals surface area contributed by atoms with Gasteiger partial charge in [-0.05, 0) is 31.2 Å². The Morgan fingerprint density at radius 2 is 1.91 bits per heavy atom. The van der Waals surface area contributed by atoms with E-state index in [1.54, 1.807) is 31.2 Å². The first-order valence-corrected chi connectivity index (χ1v) is 7.63. The highest BCUT2D eigenvalue weighted by Gasteiger charge is 2.18. The highest BCUT2D eigenvalue weighted by molar-refractivity contribution is 6.33. The molecule has 0 saturated carbocycles. The molecule has 1 aromatic heterocycles. The van der Waals surface area contributed by atoms with E-state index < -0.39 is 11.8 Å². The molecule has 0 spiro atoms. The van der Waals surface area contributed by atoms with Crippen LogP contribution in [0.4, 0.5) is 11.5 Å². The predicted molar refractivity (Wildman–Crippen MR) is 89.6 cm³/mol. The number of Topliss-reactive ketones (excluding diaryl/α,β-unsaturated/α-hetero) is 1. The molecule has 23 heavy (non-hydrogen) atoms. The van der Waals surface area contributed by atoms with Crippen molar-refractivity contribution in [3.63, 3.8) is 0 Å². The lowest BCUT2D eigenvalue weighted by atomic mass is 10.1. The fraction of sp³-hybridized carbons (Fsp3) is 0.188. The largest absolute Gasteiger partial charge is 0.466 e. The minimum atomic E-state index is -0.587. The lowest BCUT2D eigenvalue weighted by Gasteiger charge is -2.12. The molecule has 0 saturated heterocycles. The molecule has 0 aliphatic rings. The lowest BCUT2D eigenvalue weighted by molar-refractivity contribution is -0.141. The average molecular weight is 353 g/mol. The number of carbonyl (C=O) groups excluding carboxylic acids is 2. The van der Waals surface area contributed by atoms with Crippen LogP contribution in [0.3, 0.4) is 0 Å². The molecule has 2 aromatic rings. The molecule has 1 aromatic carbocycles. The van der Waals surface area contributed by atoms with E-state index in [1.165, 1.54) is 12.1 Å². The van der Waals surface area contributed by atoms with Crippen LogP contribution in [0.1, 0.15) is 23.7 Å². The molecule has 5 nitrogen and oxygen atoms in total. The molecule has 0 bridgehead atoms. The van der Waals surface area contributed by atoms with Crippen LogP contribution in [0.15, 0.2) is 36.4 Å². The maximum Gasteiger partial charge on any atom is 0.313 e. The van der Waals surface area contributed by atoms with Crippen molar-refractivity contribution in [1.82, 2.24) is 4.98 Å². The van der Waals surface area contributed by atoms with Gasteiger partial charge in [-0.25, -0.2) is 4.98 Å². The Bertz CT molecular complexity index is 735. The normalized spacial score (nSPS) is 10.2. The molecule has 0 fully saturated rings. The van der Waals surface area contributed by atoms with Crippen molar-refractivity contribution in [2.24, 2.45) is 0 Å². The van der Waals surface area contributed by atoms with Crippen LogP contribution in [0.2, 0.25) is 10.2 Å². The maximum atomic E-state index is 12.3. The number of esters is 1. The monoisotopic (exact) mass is 352 g/mol. The second-order valence-corrected chi connectivity index (χ2v) is 5.33. The minimum absolute atomic E-state index is 0.215. The van der Waals surface area contributed by atoms with Crippen LogP contribution < -0.4 is 5.32 Å². The van der Waals surface area contributed by atoms with Crippen LogP contribution >= 0.6 is 23.2 Å². The second-order valence-electron chi connectivity index (χ2n) is 4.54. The first-order valence-electron chi connectivity index (χ1n) is 6.88. The third-order valence-corrected chi connectivity index (χ3v) is 3.44. The molecule has 7 heteroatoms. The topological polar surface area (TPSA) is 68.3 Å². The van der Waals surface area contributed by atoms with Gasteiger partial charge in [0.2, 0.25) is 0 Å². The molecule has 0 unspecified atom stereocenters. The number of benzene rings is 1. The third kappa shape index (κ3) is 4.68. The Labute approximate surface area is 143 Å². The molecule has 0 amide bonds. The van der Waals surface area contributed by atoms with Gasteiger partial charge in [-0.2, -0.15) is 0 Å². The van der Waals surface area contributed by atoms with Gasteiger partial charge in [-0.15, -0.1) is 0 Å². The number of hydrogen-bond acceptors (Lipinski definition) is 5. The molecule has 0 aliphatic heterocycles. The third-order valence-electron chi connectivity index (χ3n) is 2.90. The van der Waals surface area contributed by atoms with Gasteiger partial charge in [0.15, 0.2) is 5.78 Å². The summed E-state index contributed by atoms with van der Waals surface area (Å²) in [7, 11) is 0. The number of nitrogens with one attached hydrogen (secondary N) is 1. The number of ketones is 1. The van der Waals surface area contributed by atoms with Crippen molar-refractivity contribution < 1.29 is 14.3 Å². The van der Waals surface area contributed by atoms with Gasteiger partial charge in [0.25, 0.3) is 0 Å². The second kappa shape index (κ2) is 7.94. The molecule has 0 radical (unpaired) electrons. The molecular formula is C16H14Cl2N2O3. The summed E-state index contributed by atoms with van der Waals surface area (Å²) in [5.41, 5.74) is 0.816. The smallest absolute Gasteiger partial charge is 0.313 e. The Morgan fingerprint density at radius 1 is 1.17 bits per heavy atom. The highest BCUT2D eigenvalue weighted by atomic mass is 35.5.